The molecule has 5 rings (SSSR count). The number of aromatic nitrogens is 2. The Balaban J connectivity index is 1.40. The minimum Gasteiger partial charge on any atom is -0.484 e. The summed E-state index contributed by atoms with van der Waals surface area (Å²) in [7, 11) is 0. The molecule has 1 heterocycles. The number of amides is 1. The zero-order valence-electron chi connectivity index (χ0n) is 18.4. The second-order valence-corrected chi connectivity index (χ2v) is 8.63. The molecular formula is C27H26FN3O2. The van der Waals surface area contributed by atoms with Crippen LogP contribution in [0.2, 0.25) is 0 Å². The Morgan fingerprint density at radius 3 is 2.55 bits per heavy atom. The predicted octanol–water partition coefficient (Wildman–Crippen LogP) is 5.59. The van der Waals surface area contributed by atoms with Gasteiger partial charge < -0.3 is 10.1 Å². The van der Waals surface area contributed by atoms with Gasteiger partial charge in [-0.05, 0) is 67.8 Å². The van der Waals surface area contributed by atoms with E-state index < -0.39 is 0 Å². The van der Waals surface area contributed by atoms with Gasteiger partial charge in [0.25, 0.3) is 0 Å². The van der Waals surface area contributed by atoms with Gasteiger partial charge in [-0.1, -0.05) is 36.8 Å². The number of ether oxygens (including phenoxy) is 1. The Hall–Kier alpha value is -3.67. The summed E-state index contributed by atoms with van der Waals surface area (Å²) in [4.78, 5) is 12.6. The minimum atomic E-state index is -0.334. The van der Waals surface area contributed by atoms with Crippen molar-refractivity contribution in [3.8, 4) is 11.4 Å². The maximum absolute atomic E-state index is 13.3. The number of carbonyl (C=O) groups is 1. The highest BCUT2D eigenvalue weighted by molar-refractivity contribution is 5.82. The van der Waals surface area contributed by atoms with E-state index in [1.54, 1.807) is 23.0 Å². The average molecular weight is 444 g/mol. The number of hydrogen-bond acceptors (Lipinski definition) is 3. The highest BCUT2D eigenvalue weighted by Crippen LogP contribution is 2.30. The number of fused-ring (bicyclic) bond motifs is 1. The normalized spacial score (nSPS) is 15.6. The Labute approximate surface area is 192 Å². The lowest BCUT2D eigenvalue weighted by Crippen LogP contribution is -2.43. The van der Waals surface area contributed by atoms with E-state index in [2.05, 4.69) is 10.4 Å². The molecule has 1 N–H and O–H groups in total. The number of halogens is 1. The quantitative estimate of drug-likeness (QED) is 0.405. The van der Waals surface area contributed by atoms with Crippen molar-refractivity contribution in [1.82, 2.24) is 15.1 Å². The fraction of sp³-hybridized carbons (Fsp3) is 0.259. The number of nitrogens with zero attached hydrogens (tertiary/aromatic N) is 2. The molecular weight excluding hydrogens is 417 g/mol. The van der Waals surface area contributed by atoms with Crippen LogP contribution < -0.4 is 10.1 Å². The highest BCUT2D eigenvalue weighted by Gasteiger charge is 2.29. The lowest BCUT2D eigenvalue weighted by molar-refractivity contribution is -0.128. The molecule has 6 heteroatoms. The molecule has 0 saturated heterocycles. The number of rotatable bonds is 7. The SMILES string of the molecule is C[C@H](NC(=O)C1CCC1)[C@@H](Oc1ccc2c(cnn2-c2ccc(F)cc2)c1)c1ccccc1. The van der Waals surface area contributed by atoms with Crippen LogP contribution in [0, 0.1) is 11.7 Å². The van der Waals surface area contributed by atoms with Gasteiger partial charge in [0.15, 0.2) is 0 Å². The summed E-state index contributed by atoms with van der Waals surface area (Å²) < 4.78 is 21.5. The van der Waals surface area contributed by atoms with Crippen molar-refractivity contribution in [1.29, 1.82) is 0 Å². The van der Waals surface area contributed by atoms with E-state index in [1.807, 2.05) is 55.5 Å². The summed E-state index contributed by atoms with van der Waals surface area (Å²) >= 11 is 0. The second kappa shape index (κ2) is 9.06. The Kier molecular flexibility index (Phi) is 5.82. The van der Waals surface area contributed by atoms with Gasteiger partial charge in [0, 0.05) is 11.3 Å². The van der Waals surface area contributed by atoms with Crippen LogP contribution in [0.3, 0.4) is 0 Å². The molecule has 33 heavy (non-hydrogen) atoms. The third kappa shape index (κ3) is 4.46. The molecule has 4 aromatic rings. The molecule has 1 aromatic heterocycles. The zero-order chi connectivity index (χ0) is 22.8. The Bertz CT molecular complexity index is 1250. The summed E-state index contributed by atoms with van der Waals surface area (Å²) in [5, 5.41) is 8.53. The van der Waals surface area contributed by atoms with E-state index in [4.69, 9.17) is 4.74 Å². The molecule has 3 aromatic carbocycles. The number of benzene rings is 3. The van der Waals surface area contributed by atoms with E-state index in [9.17, 15) is 9.18 Å². The third-order valence-corrected chi connectivity index (χ3v) is 6.30. The van der Waals surface area contributed by atoms with E-state index in [1.165, 1.54) is 12.1 Å². The predicted molar refractivity (Wildman–Crippen MR) is 126 cm³/mol. The van der Waals surface area contributed by atoms with Crippen LogP contribution >= 0.6 is 0 Å². The van der Waals surface area contributed by atoms with Gasteiger partial charge >= 0.3 is 0 Å². The first-order chi connectivity index (χ1) is 16.1. The molecule has 1 aliphatic carbocycles. The maximum Gasteiger partial charge on any atom is 0.223 e. The zero-order valence-corrected chi connectivity index (χ0v) is 18.4. The summed E-state index contributed by atoms with van der Waals surface area (Å²) in [6.07, 6.45) is 4.48. The van der Waals surface area contributed by atoms with E-state index in [0.717, 1.165) is 41.4 Å². The van der Waals surface area contributed by atoms with Gasteiger partial charge in [-0.3, -0.25) is 4.79 Å². The lowest BCUT2D eigenvalue weighted by Gasteiger charge is -2.30. The van der Waals surface area contributed by atoms with Crippen molar-refractivity contribution in [3.05, 3.63) is 90.4 Å². The maximum atomic E-state index is 13.3. The molecule has 168 valence electrons. The molecule has 5 nitrogen and oxygen atoms in total. The highest BCUT2D eigenvalue weighted by atomic mass is 19.1. The number of nitrogens with one attached hydrogen (secondary N) is 1. The van der Waals surface area contributed by atoms with Gasteiger partial charge in [-0.25, -0.2) is 9.07 Å². The minimum absolute atomic E-state index is 0.106. The fourth-order valence-corrected chi connectivity index (χ4v) is 4.21. The monoisotopic (exact) mass is 443 g/mol. The van der Waals surface area contributed by atoms with Crippen molar-refractivity contribution in [2.24, 2.45) is 5.92 Å². The first-order valence-electron chi connectivity index (χ1n) is 11.3. The average Bonchev–Trinajstić information content (AvgIpc) is 3.20. The van der Waals surface area contributed by atoms with Crippen molar-refractivity contribution in [2.75, 3.05) is 0 Å². The molecule has 1 amide bonds. The van der Waals surface area contributed by atoms with Crippen molar-refractivity contribution in [2.45, 2.75) is 38.3 Å². The van der Waals surface area contributed by atoms with Crippen LogP contribution in [0.25, 0.3) is 16.6 Å². The van der Waals surface area contributed by atoms with Gasteiger partial charge in [0.2, 0.25) is 5.91 Å². The summed E-state index contributed by atoms with van der Waals surface area (Å²) in [6, 6.07) is 21.8. The molecule has 2 atom stereocenters. The largest absolute Gasteiger partial charge is 0.484 e. The van der Waals surface area contributed by atoms with Gasteiger partial charge in [-0.2, -0.15) is 5.10 Å². The van der Waals surface area contributed by atoms with E-state index in [-0.39, 0.29) is 29.8 Å². The molecule has 0 radical (unpaired) electrons. The van der Waals surface area contributed by atoms with Crippen LogP contribution in [-0.4, -0.2) is 21.7 Å². The van der Waals surface area contributed by atoms with Crippen LogP contribution in [-0.2, 0) is 4.79 Å². The van der Waals surface area contributed by atoms with Crippen LogP contribution in [0.15, 0.2) is 79.0 Å². The molecule has 0 unspecified atom stereocenters. The van der Waals surface area contributed by atoms with Gasteiger partial charge in [0.05, 0.1) is 23.4 Å². The van der Waals surface area contributed by atoms with E-state index >= 15 is 0 Å². The molecule has 0 aliphatic heterocycles. The molecule has 1 saturated carbocycles. The van der Waals surface area contributed by atoms with Crippen LogP contribution in [0.1, 0.15) is 37.9 Å². The number of carbonyl (C=O) groups excluding carboxylic acids is 1. The lowest BCUT2D eigenvalue weighted by atomic mass is 9.84. The summed E-state index contributed by atoms with van der Waals surface area (Å²) in [5.41, 5.74) is 2.69. The van der Waals surface area contributed by atoms with Gasteiger partial charge in [-0.15, -0.1) is 0 Å². The molecule has 0 bridgehead atoms. The molecule has 0 spiro atoms. The van der Waals surface area contributed by atoms with E-state index in [0.29, 0.717) is 5.75 Å². The Morgan fingerprint density at radius 1 is 1.09 bits per heavy atom. The molecule has 1 aliphatic rings. The van der Waals surface area contributed by atoms with Crippen molar-refractivity contribution in [3.63, 3.8) is 0 Å². The first-order valence-corrected chi connectivity index (χ1v) is 11.3. The molecule has 1 fully saturated rings. The summed E-state index contributed by atoms with van der Waals surface area (Å²) in [5.74, 6) is 0.642. The summed E-state index contributed by atoms with van der Waals surface area (Å²) in [6.45, 7) is 1.99. The van der Waals surface area contributed by atoms with Crippen molar-refractivity contribution < 1.29 is 13.9 Å². The number of hydrogen-bond donors (Lipinski definition) is 1. The topological polar surface area (TPSA) is 56.1 Å². The van der Waals surface area contributed by atoms with Crippen molar-refractivity contribution >= 4 is 16.8 Å². The standard InChI is InChI=1S/C27H26FN3O2/c1-18(30-27(32)20-8-5-9-20)26(19-6-3-2-4-7-19)33-24-14-15-25-21(16-24)17-29-31(25)23-12-10-22(28)11-13-23/h2-4,6-7,10-18,20,26H,5,8-9H2,1H3,(H,30,32)/t18-,26+/m0/s1. The smallest absolute Gasteiger partial charge is 0.223 e. The third-order valence-electron chi connectivity index (χ3n) is 6.30. The fourth-order valence-electron chi connectivity index (χ4n) is 4.21. The first kappa shape index (κ1) is 21.2. The Morgan fingerprint density at radius 2 is 1.85 bits per heavy atom. The second-order valence-electron chi connectivity index (χ2n) is 8.63. The van der Waals surface area contributed by atoms with Gasteiger partial charge in [0.1, 0.15) is 17.7 Å². The van der Waals surface area contributed by atoms with Crippen LogP contribution in [0.5, 0.6) is 5.75 Å². The van der Waals surface area contributed by atoms with Crippen LogP contribution in [0.4, 0.5) is 4.39 Å².